The van der Waals surface area contributed by atoms with E-state index in [1.165, 1.54) is 0 Å². The van der Waals surface area contributed by atoms with Gasteiger partial charge in [-0.2, -0.15) is 4.98 Å². The molecule has 0 aliphatic rings. The lowest BCUT2D eigenvalue weighted by Crippen LogP contribution is -2.07. The summed E-state index contributed by atoms with van der Waals surface area (Å²) in [5.41, 5.74) is 7.26. The number of hydrogen-bond donors (Lipinski definition) is 1. The first-order chi connectivity index (χ1) is 7.61. The molecule has 0 spiro atoms. The molecule has 0 saturated heterocycles. The highest BCUT2D eigenvalue weighted by molar-refractivity contribution is 5.12. The summed E-state index contributed by atoms with van der Waals surface area (Å²) in [6.07, 6.45) is 2.20. The van der Waals surface area contributed by atoms with Crippen LogP contribution in [0.25, 0.3) is 0 Å². The minimum absolute atomic E-state index is 0.422. The van der Waals surface area contributed by atoms with Crippen molar-refractivity contribution in [3.63, 3.8) is 0 Å². The second-order valence-corrected chi connectivity index (χ2v) is 4.37. The van der Waals surface area contributed by atoms with Crippen LogP contribution in [0.3, 0.4) is 0 Å². The van der Waals surface area contributed by atoms with Crippen molar-refractivity contribution in [3.05, 3.63) is 17.5 Å². The lowest BCUT2D eigenvalue weighted by atomic mass is 10.1. The Morgan fingerprint density at radius 1 is 1.38 bits per heavy atom. The lowest BCUT2D eigenvalue weighted by molar-refractivity contribution is 0.274. The third-order valence-electron chi connectivity index (χ3n) is 2.25. The molecular formula is C12H21N3O. The summed E-state index contributed by atoms with van der Waals surface area (Å²) in [4.78, 5) is 8.42. The summed E-state index contributed by atoms with van der Waals surface area (Å²) in [5.74, 6) is 0.710. The van der Waals surface area contributed by atoms with E-state index in [0.717, 1.165) is 24.2 Å². The van der Waals surface area contributed by atoms with E-state index >= 15 is 0 Å². The van der Waals surface area contributed by atoms with Gasteiger partial charge in [0.2, 0.25) is 0 Å². The summed E-state index contributed by atoms with van der Waals surface area (Å²) < 4.78 is 5.50. The van der Waals surface area contributed by atoms with E-state index in [2.05, 4.69) is 23.8 Å². The van der Waals surface area contributed by atoms with Crippen LogP contribution in [-0.2, 0) is 6.54 Å². The average Bonchev–Trinajstić information content (AvgIpc) is 2.23. The number of aromatic nitrogens is 2. The van der Waals surface area contributed by atoms with Crippen LogP contribution in [0.1, 0.15) is 38.1 Å². The van der Waals surface area contributed by atoms with E-state index in [4.69, 9.17) is 10.5 Å². The Balaban J connectivity index is 2.44. The predicted molar refractivity (Wildman–Crippen MR) is 64.2 cm³/mol. The molecule has 0 fully saturated rings. The number of nitrogens with two attached hydrogens (primary N) is 1. The number of nitrogens with zero attached hydrogens (tertiary/aromatic N) is 2. The van der Waals surface area contributed by atoms with Gasteiger partial charge in [0.1, 0.15) is 0 Å². The third kappa shape index (κ3) is 4.57. The van der Waals surface area contributed by atoms with Gasteiger partial charge in [-0.3, -0.25) is 0 Å². The van der Waals surface area contributed by atoms with Crippen LogP contribution in [0.2, 0.25) is 0 Å². The molecule has 0 saturated carbocycles. The molecule has 1 aromatic heterocycles. The number of aryl methyl sites for hydroxylation is 1. The third-order valence-corrected chi connectivity index (χ3v) is 2.25. The highest BCUT2D eigenvalue weighted by Gasteiger charge is 2.02. The molecule has 0 radical (unpaired) electrons. The SMILES string of the molecule is Cc1cc(CN)nc(OCCCC(C)C)n1. The van der Waals surface area contributed by atoms with Crippen molar-refractivity contribution in [2.75, 3.05) is 6.61 Å². The van der Waals surface area contributed by atoms with Gasteiger partial charge in [-0.25, -0.2) is 4.98 Å². The van der Waals surface area contributed by atoms with Crippen molar-refractivity contribution >= 4 is 0 Å². The lowest BCUT2D eigenvalue weighted by Gasteiger charge is -2.07. The Morgan fingerprint density at radius 2 is 2.12 bits per heavy atom. The molecule has 4 nitrogen and oxygen atoms in total. The molecule has 2 N–H and O–H groups in total. The summed E-state index contributed by atoms with van der Waals surface area (Å²) in [5, 5.41) is 0. The van der Waals surface area contributed by atoms with Gasteiger partial charge in [0.15, 0.2) is 0 Å². The summed E-state index contributed by atoms with van der Waals surface area (Å²) in [7, 11) is 0. The number of hydrogen-bond acceptors (Lipinski definition) is 4. The van der Waals surface area contributed by atoms with Crippen molar-refractivity contribution in [1.82, 2.24) is 9.97 Å². The Kier molecular flexibility index (Phi) is 5.19. The number of ether oxygens (including phenoxy) is 1. The zero-order valence-electron chi connectivity index (χ0n) is 10.4. The molecule has 1 aromatic rings. The minimum atomic E-state index is 0.422. The Bertz CT molecular complexity index is 326. The molecule has 0 amide bonds. The molecule has 0 aliphatic heterocycles. The normalized spacial score (nSPS) is 10.8. The zero-order valence-corrected chi connectivity index (χ0v) is 10.4. The topological polar surface area (TPSA) is 61.0 Å². The smallest absolute Gasteiger partial charge is 0.316 e. The fourth-order valence-corrected chi connectivity index (χ4v) is 1.43. The van der Waals surface area contributed by atoms with Gasteiger partial charge < -0.3 is 10.5 Å². The first kappa shape index (κ1) is 12.9. The van der Waals surface area contributed by atoms with E-state index in [0.29, 0.717) is 25.1 Å². The van der Waals surface area contributed by atoms with Gasteiger partial charge in [0.25, 0.3) is 0 Å². The van der Waals surface area contributed by atoms with Crippen LogP contribution < -0.4 is 10.5 Å². The van der Waals surface area contributed by atoms with Crippen LogP contribution in [0, 0.1) is 12.8 Å². The molecule has 16 heavy (non-hydrogen) atoms. The Hall–Kier alpha value is -1.16. The highest BCUT2D eigenvalue weighted by atomic mass is 16.5. The largest absolute Gasteiger partial charge is 0.463 e. The fraction of sp³-hybridized carbons (Fsp3) is 0.667. The molecule has 90 valence electrons. The van der Waals surface area contributed by atoms with Gasteiger partial charge in [-0.1, -0.05) is 13.8 Å². The zero-order chi connectivity index (χ0) is 12.0. The Labute approximate surface area is 97.2 Å². The van der Waals surface area contributed by atoms with E-state index in [1.54, 1.807) is 0 Å². The van der Waals surface area contributed by atoms with E-state index in [9.17, 15) is 0 Å². The average molecular weight is 223 g/mol. The maximum atomic E-state index is 5.54. The maximum Gasteiger partial charge on any atom is 0.316 e. The summed E-state index contributed by atoms with van der Waals surface area (Å²) in [6, 6.07) is 2.32. The van der Waals surface area contributed by atoms with Gasteiger partial charge in [-0.05, 0) is 31.7 Å². The molecule has 4 heteroatoms. The highest BCUT2D eigenvalue weighted by Crippen LogP contribution is 2.08. The first-order valence-electron chi connectivity index (χ1n) is 5.79. The van der Waals surface area contributed by atoms with Crippen LogP contribution in [0.15, 0.2) is 6.07 Å². The molecular weight excluding hydrogens is 202 g/mol. The Morgan fingerprint density at radius 3 is 2.75 bits per heavy atom. The first-order valence-corrected chi connectivity index (χ1v) is 5.79. The molecule has 0 aromatic carbocycles. The second kappa shape index (κ2) is 6.43. The van der Waals surface area contributed by atoms with Crippen LogP contribution in [0.5, 0.6) is 6.01 Å². The molecule has 0 unspecified atom stereocenters. The van der Waals surface area contributed by atoms with Crippen molar-refractivity contribution in [2.24, 2.45) is 11.7 Å². The van der Waals surface area contributed by atoms with Gasteiger partial charge in [0.05, 0.1) is 12.3 Å². The summed E-state index contributed by atoms with van der Waals surface area (Å²) in [6.45, 7) is 7.42. The molecule has 0 aliphatic carbocycles. The van der Waals surface area contributed by atoms with Crippen LogP contribution >= 0.6 is 0 Å². The predicted octanol–water partition coefficient (Wildman–Crippen LogP) is 2.06. The quantitative estimate of drug-likeness (QED) is 0.750. The van der Waals surface area contributed by atoms with Gasteiger partial charge in [0, 0.05) is 12.2 Å². The maximum absolute atomic E-state index is 5.54. The van der Waals surface area contributed by atoms with E-state index in [1.807, 2.05) is 13.0 Å². The van der Waals surface area contributed by atoms with Crippen molar-refractivity contribution in [2.45, 2.75) is 40.2 Å². The van der Waals surface area contributed by atoms with Gasteiger partial charge >= 0.3 is 6.01 Å². The van der Waals surface area contributed by atoms with Crippen LogP contribution in [-0.4, -0.2) is 16.6 Å². The molecule has 0 atom stereocenters. The molecule has 0 bridgehead atoms. The van der Waals surface area contributed by atoms with Gasteiger partial charge in [-0.15, -0.1) is 0 Å². The summed E-state index contributed by atoms with van der Waals surface area (Å²) >= 11 is 0. The number of rotatable bonds is 6. The standard InChI is InChI=1S/C12H21N3O/c1-9(2)5-4-6-16-12-14-10(3)7-11(8-13)15-12/h7,9H,4-6,8,13H2,1-3H3. The van der Waals surface area contributed by atoms with Crippen LogP contribution in [0.4, 0.5) is 0 Å². The van der Waals surface area contributed by atoms with E-state index < -0.39 is 0 Å². The molecule has 1 heterocycles. The van der Waals surface area contributed by atoms with Crippen molar-refractivity contribution in [3.8, 4) is 6.01 Å². The van der Waals surface area contributed by atoms with Crippen molar-refractivity contribution in [1.29, 1.82) is 0 Å². The second-order valence-electron chi connectivity index (χ2n) is 4.37. The fourth-order valence-electron chi connectivity index (χ4n) is 1.43. The molecule has 1 rings (SSSR count). The minimum Gasteiger partial charge on any atom is -0.463 e. The van der Waals surface area contributed by atoms with E-state index in [-0.39, 0.29) is 0 Å². The van der Waals surface area contributed by atoms with Crippen molar-refractivity contribution < 1.29 is 4.74 Å². The monoisotopic (exact) mass is 223 g/mol.